The second-order valence-electron chi connectivity index (χ2n) is 6.83. The second-order valence-corrected chi connectivity index (χ2v) is 6.83. The molecule has 1 N–H and O–H groups in total. The number of nitrogens with one attached hydrogen (secondary N) is 1. The summed E-state index contributed by atoms with van der Waals surface area (Å²) in [6, 6.07) is 7.54. The van der Waals surface area contributed by atoms with E-state index < -0.39 is 0 Å². The summed E-state index contributed by atoms with van der Waals surface area (Å²) in [6.07, 6.45) is 6.30. The Balaban J connectivity index is 1.77. The van der Waals surface area contributed by atoms with E-state index in [9.17, 15) is 4.39 Å². The van der Waals surface area contributed by atoms with Gasteiger partial charge in [-0.15, -0.1) is 0 Å². The smallest absolute Gasteiger partial charge is 0.123 e. The van der Waals surface area contributed by atoms with E-state index in [1.165, 1.54) is 32.2 Å². The summed E-state index contributed by atoms with van der Waals surface area (Å²) in [6.45, 7) is 6.85. The van der Waals surface area contributed by atoms with Gasteiger partial charge in [0, 0.05) is 19.1 Å². The zero-order valence-electron chi connectivity index (χ0n) is 13.1. The zero-order valence-corrected chi connectivity index (χ0v) is 13.1. The Bertz CT molecular complexity index is 463. The first kappa shape index (κ1) is 15.0. The van der Waals surface area contributed by atoms with Gasteiger partial charge in [-0.25, -0.2) is 4.39 Å². The molecule has 2 aliphatic heterocycles. The van der Waals surface area contributed by atoms with E-state index in [1.807, 2.05) is 6.07 Å². The van der Waals surface area contributed by atoms with Crippen LogP contribution < -0.4 is 5.32 Å². The molecule has 1 aromatic carbocycles. The minimum Gasteiger partial charge on any atom is -0.316 e. The highest BCUT2D eigenvalue weighted by molar-refractivity contribution is 5.20. The van der Waals surface area contributed by atoms with E-state index in [4.69, 9.17) is 0 Å². The summed E-state index contributed by atoms with van der Waals surface area (Å²) in [7, 11) is 0. The van der Waals surface area contributed by atoms with Gasteiger partial charge < -0.3 is 5.32 Å². The first-order valence-corrected chi connectivity index (χ1v) is 8.43. The van der Waals surface area contributed by atoms with Crippen LogP contribution in [-0.4, -0.2) is 31.1 Å². The van der Waals surface area contributed by atoms with Crippen molar-refractivity contribution in [3.05, 3.63) is 35.6 Å². The molecule has 0 bridgehead atoms. The Morgan fingerprint density at radius 3 is 2.90 bits per heavy atom. The molecule has 1 aromatic rings. The van der Waals surface area contributed by atoms with Gasteiger partial charge in [0.2, 0.25) is 0 Å². The number of hydrogen-bond donors (Lipinski definition) is 1. The number of halogens is 1. The minimum atomic E-state index is -0.114. The third-order valence-corrected chi connectivity index (χ3v) is 5.31. The molecule has 1 spiro atoms. The van der Waals surface area contributed by atoms with E-state index in [1.54, 1.807) is 12.1 Å². The van der Waals surface area contributed by atoms with E-state index in [0.29, 0.717) is 11.5 Å². The van der Waals surface area contributed by atoms with Crippen molar-refractivity contribution in [3.63, 3.8) is 0 Å². The van der Waals surface area contributed by atoms with E-state index in [2.05, 4.69) is 23.2 Å². The molecular formula is C18H27FN2. The van der Waals surface area contributed by atoms with Gasteiger partial charge in [-0.3, -0.25) is 4.90 Å². The van der Waals surface area contributed by atoms with Crippen molar-refractivity contribution in [3.8, 4) is 0 Å². The summed E-state index contributed by atoms with van der Waals surface area (Å²) >= 11 is 0. The van der Waals surface area contributed by atoms with E-state index in [-0.39, 0.29) is 5.82 Å². The van der Waals surface area contributed by atoms with Crippen LogP contribution >= 0.6 is 0 Å². The van der Waals surface area contributed by atoms with E-state index in [0.717, 1.165) is 31.6 Å². The van der Waals surface area contributed by atoms with Crippen molar-refractivity contribution in [2.75, 3.05) is 26.2 Å². The lowest BCUT2D eigenvalue weighted by atomic mass is 9.74. The number of rotatable bonds is 3. The number of nitrogens with zero attached hydrogens (tertiary/aromatic N) is 1. The average molecular weight is 290 g/mol. The Hall–Kier alpha value is -0.930. The predicted molar refractivity (Wildman–Crippen MR) is 84.8 cm³/mol. The molecule has 3 heteroatoms. The lowest BCUT2D eigenvalue weighted by molar-refractivity contribution is 0.0355. The summed E-state index contributed by atoms with van der Waals surface area (Å²) in [5.41, 5.74) is 1.59. The van der Waals surface area contributed by atoms with Gasteiger partial charge in [-0.05, 0) is 68.3 Å². The normalized spacial score (nSPS) is 28.7. The second kappa shape index (κ2) is 6.45. The van der Waals surface area contributed by atoms with Crippen LogP contribution in [0.4, 0.5) is 4.39 Å². The van der Waals surface area contributed by atoms with Crippen LogP contribution in [0.2, 0.25) is 0 Å². The maximum atomic E-state index is 13.6. The molecule has 2 atom stereocenters. The number of piperidine rings is 2. The highest BCUT2D eigenvalue weighted by Gasteiger charge is 2.38. The standard InChI is InChI=1S/C18H27FN2/c1-2-17(15-6-3-7-16(19)12-15)21-11-5-9-18(14-21)8-4-10-20-13-18/h3,6-7,12,17,20H,2,4-5,8-11,13-14H2,1H3. The lowest BCUT2D eigenvalue weighted by Gasteiger charge is -2.48. The third-order valence-electron chi connectivity index (χ3n) is 5.31. The molecule has 0 saturated carbocycles. The van der Waals surface area contributed by atoms with Crippen molar-refractivity contribution < 1.29 is 4.39 Å². The number of likely N-dealkylation sites (tertiary alicyclic amines) is 1. The highest BCUT2D eigenvalue weighted by atomic mass is 19.1. The minimum absolute atomic E-state index is 0.114. The van der Waals surface area contributed by atoms with Crippen molar-refractivity contribution in [2.24, 2.45) is 5.41 Å². The molecule has 2 aliphatic rings. The summed E-state index contributed by atoms with van der Waals surface area (Å²) in [5, 5.41) is 3.58. The fourth-order valence-corrected chi connectivity index (χ4v) is 4.31. The Morgan fingerprint density at radius 1 is 1.33 bits per heavy atom. The highest BCUT2D eigenvalue weighted by Crippen LogP contribution is 2.39. The quantitative estimate of drug-likeness (QED) is 0.912. The maximum absolute atomic E-state index is 13.6. The largest absolute Gasteiger partial charge is 0.316 e. The number of hydrogen-bond acceptors (Lipinski definition) is 2. The van der Waals surface area contributed by atoms with Gasteiger partial charge in [-0.2, -0.15) is 0 Å². The van der Waals surface area contributed by atoms with Crippen molar-refractivity contribution in [1.29, 1.82) is 0 Å². The van der Waals surface area contributed by atoms with Gasteiger partial charge in [0.1, 0.15) is 5.82 Å². The van der Waals surface area contributed by atoms with Crippen molar-refractivity contribution in [2.45, 2.75) is 45.1 Å². The zero-order chi connectivity index (χ0) is 14.7. The fraction of sp³-hybridized carbons (Fsp3) is 0.667. The van der Waals surface area contributed by atoms with Crippen LogP contribution in [0.3, 0.4) is 0 Å². The first-order chi connectivity index (χ1) is 10.2. The summed E-state index contributed by atoms with van der Waals surface area (Å²) in [4.78, 5) is 2.60. The molecule has 2 saturated heterocycles. The third kappa shape index (κ3) is 3.29. The molecule has 0 radical (unpaired) electrons. The Labute approximate surface area is 127 Å². The van der Waals surface area contributed by atoms with Gasteiger partial charge in [0.25, 0.3) is 0 Å². The van der Waals surface area contributed by atoms with Gasteiger partial charge in [-0.1, -0.05) is 19.1 Å². The summed E-state index contributed by atoms with van der Waals surface area (Å²) in [5.74, 6) is -0.114. The van der Waals surface area contributed by atoms with Crippen LogP contribution in [0.25, 0.3) is 0 Å². The monoisotopic (exact) mass is 290 g/mol. The van der Waals surface area contributed by atoms with Crippen LogP contribution in [0.15, 0.2) is 24.3 Å². The van der Waals surface area contributed by atoms with Crippen LogP contribution in [0, 0.1) is 11.2 Å². The molecule has 0 amide bonds. The van der Waals surface area contributed by atoms with Crippen molar-refractivity contribution >= 4 is 0 Å². The van der Waals surface area contributed by atoms with Crippen LogP contribution in [0.5, 0.6) is 0 Å². The Morgan fingerprint density at radius 2 is 2.19 bits per heavy atom. The molecule has 0 aromatic heterocycles. The molecule has 2 fully saturated rings. The molecule has 116 valence electrons. The number of benzene rings is 1. The van der Waals surface area contributed by atoms with E-state index >= 15 is 0 Å². The Kier molecular flexibility index (Phi) is 4.60. The van der Waals surface area contributed by atoms with Gasteiger partial charge in [0.05, 0.1) is 0 Å². The molecule has 0 aliphatic carbocycles. The lowest BCUT2D eigenvalue weighted by Crippen LogP contribution is -2.51. The predicted octanol–water partition coefficient (Wildman–Crippen LogP) is 3.74. The van der Waals surface area contributed by atoms with Crippen LogP contribution in [-0.2, 0) is 0 Å². The van der Waals surface area contributed by atoms with Crippen LogP contribution in [0.1, 0.15) is 50.6 Å². The van der Waals surface area contributed by atoms with Gasteiger partial charge >= 0.3 is 0 Å². The topological polar surface area (TPSA) is 15.3 Å². The summed E-state index contributed by atoms with van der Waals surface area (Å²) < 4.78 is 13.6. The molecule has 2 heterocycles. The molecule has 3 rings (SSSR count). The SMILES string of the molecule is CCC(c1cccc(F)c1)N1CCCC2(CCCNC2)C1. The molecular weight excluding hydrogens is 263 g/mol. The fourth-order valence-electron chi connectivity index (χ4n) is 4.31. The molecule has 2 unspecified atom stereocenters. The average Bonchev–Trinajstić information content (AvgIpc) is 2.49. The molecule has 2 nitrogen and oxygen atoms in total. The van der Waals surface area contributed by atoms with Gasteiger partial charge in [0.15, 0.2) is 0 Å². The first-order valence-electron chi connectivity index (χ1n) is 8.43. The van der Waals surface area contributed by atoms with Crippen molar-refractivity contribution in [1.82, 2.24) is 10.2 Å². The maximum Gasteiger partial charge on any atom is 0.123 e. The molecule has 21 heavy (non-hydrogen) atoms.